The van der Waals surface area contributed by atoms with Crippen LogP contribution in [0.1, 0.15) is 6.92 Å². The molecule has 2 amide bonds. The van der Waals surface area contributed by atoms with E-state index in [1.807, 2.05) is 0 Å². The summed E-state index contributed by atoms with van der Waals surface area (Å²) in [6.07, 6.45) is 0. The molecule has 0 atom stereocenters. The van der Waals surface area contributed by atoms with E-state index in [4.69, 9.17) is 0 Å². The van der Waals surface area contributed by atoms with Crippen LogP contribution in [0.5, 0.6) is 0 Å². The smallest absolute Gasteiger partial charge is 0.243 e. The van der Waals surface area contributed by atoms with E-state index in [1.165, 1.54) is 16.7 Å². The van der Waals surface area contributed by atoms with Crippen molar-refractivity contribution < 1.29 is 18.0 Å². The predicted molar refractivity (Wildman–Crippen MR) is 53.7 cm³/mol. The summed E-state index contributed by atoms with van der Waals surface area (Å²) in [6, 6.07) is 0. The predicted octanol–water partition coefficient (Wildman–Crippen LogP) is -1.32. The van der Waals surface area contributed by atoms with E-state index in [1.54, 1.807) is 7.05 Å². The third-order valence-corrected chi connectivity index (χ3v) is 3.84. The van der Waals surface area contributed by atoms with Crippen molar-refractivity contribution in [3.8, 4) is 0 Å². The molecule has 15 heavy (non-hydrogen) atoms. The van der Waals surface area contributed by atoms with Gasteiger partial charge in [-0.2, -0.15) is 0 Å². The average molecular weight is 234 g/mol. The Morgan fingerprint density at radius 2 is 2.07 bits per heavy atom. The van der Waals surface area contributed by atoms with Crippen molar-refractivity contribution in [2.75, 3.05) is 31.8 Å². The largest absolute Gasteiger partial charge is 0.326 e. The van der Waals surface area contributed by atoms with E-state index in [2.05, 4.69) is 0 Å². The van der Waals surface area contributed by atoms with Gasteiger partial charge in [0.05, 0.1) is 6.67 Å². The van der Waals surface area contributed by atoms with Gasteiger partial charge in [0.25, 0.3) is 0 Å². The van der Waals surface area contributed by atoms with E-state index in [-0.39, 0.29) is 24.9 Å². The summed E-state index contributed by atoms with van der Waals surface area (Å²) in [4.78, 5) is 25.2. The molecule has 0 aliphatic carbocycles. The first kappa shape index (κ1) is 12.0. The van der Waals surface area contributed by atoms with Gasteiger partial charge in [0, 0.05) is 12.8 Å². The summed E-state index contributed by atoms with van der Waals surface area (Å²) in [6.45, 7) is 1.65. The Hall–Kier alpha value is -1.11. The van der Waals surface area contributed by atoms with E-state index >= 15 is 0 Å². The van der Waals surface area contributed by atoms with Crippen molar-refractivity contribution in [2.45, 2.75) is 6.92 Å². The van der Waals surface area contributed by atoms with Gasteiger partial charge in [-0.15, -0.1) is 0 Å². The highest BCUT2D eigenvalue weighted by atomic mass is 32.2. The van der Waals surface area contributed by atoms with Crippen LogP contribution in [0.2, 0.25) is 0 Å². The molecular formula is C8H14N2O4S. The van der Waals surface area contributed by atoms with Crippen LogP contribution in [0.15, 0.2) is 0 Å². The fourth-order valence-corrected chi connectivity index (χ4v) is 1.98. The molecule has 0 aromatic carbocycles. The molecule has 7 heteroatoms. The molecule has 1 saturated heterocycles. The highest BCUT2D eigenvalue weighted by Gasteiger charge is 2.29. The van der Waals surface area contributed by atoms with E-state index in [0.29, 0.717) is 0 Å². The molecule has 1 heterocycles. The molecule has 0 radical (unpaired) electrons. The normalized spacial score (nSPS) is 17.3. The zero-order valence-corrected chi connectivity index (χ0v) is 9.58. The number of amides is 2. The Kier molecular flexibility index (Phi) is 3.33. The zero-order chi connectivity index (χ0) is 11.6. The molecule has 1 aliphatic rings. The van der Waals surface area contributed by atoms with Gasteiger partial charge in [-0.25, -0.2) is 8.42 Å². The fraction of sp³-hybridized carbons (Fsp3) is 0.750. The molecule has 0 aromatic rings. The topological polar surface area (TPSA) is 74.8 Å². The quantitative estimate of drug-likeness (QED) is 0.607. The Bertz CT molecular complexity index is 376. The van der Waals surface area contributed by atoms with Crippen molar-refractivity contribution >= 4 is 21.7 Å². The summed E-state index contributed by atoms with van der Waals surface area (Å²) in [5.41, 5.74) is 0. The van der Waals surface area contributed by atoms with Crippen LogP contribution in [0.3, 0.4) is 0 Å². The molecular weight excluding hydrogens is 220 g/mol. The van der Waals surface area contributed by atoms with Gasteiger partial charge in [0.2, 0.25) is 11.8 Å². The zero-order valence-electron chi connectivity index (χ0n) is 8.76. The van der Waals surface area contributed by atoms with Gasteiger partial charge in [0.15, 0.2) is 9.84 Å². The maximum atomic E-state index is 11.5. The lowest BCUT2D eigenvalue weighted by atomic mass is 10.5. The maximum absolute atomic E-state index is 11.5. The number of hydrogen-bond acceptors (Lipinski definition) is 4. The first-order chi connectivity index (χ1) is 6.85. The molecule has 1 fully saturated rings. The van der Waals surface area contributed by atoms with Crippen molar-refractivity contribution in [2.24, 2.45) is 0 Å². The number of hydrogen-bond donors (Lipinski definition) is 0. The Labute approximate surface area is 88.8 Å². The molecule has 0 aromatic heterocycles. The van der Waals surface area contributed by atoms with Gasteiger partial charge in [-0.05, 0) is 0 Å². The summed E-state index contributed by atoms with van der Waals surface area (Å²) in [5, 5.41) is 0. The van der Waals surface area contributed by atoms with Crippen LogP contribution < -0.4 is 0 Å². The minimum Gasteiger partial charge on any atom is -0.326 e. The van der Waals surface area contributed by atoms with Crippen LogP contribution >= 0.6 is 0 Å². The molecule has 0 bridgehead atoms. The Balaban J connectivity index is 2.61. The monoisotopic (exact) mass is 234 g/mol. The number of rotatable bonds is 3. The van der Waals surface area contributed by atoms with Gasteiger partial charge >= 0.3 is 0 Å². The highest BCUT2D eigenvalue weighted by molar-refractivity contribution is 7.92. The van der Waals surface area contributed by atoms with Crippen molar-refractivity contribution in [1.29, 1.82) is 0 Å². The van der Waals surface area contributed by atoms with E-state index in [0.717, 1.165) is 0 Å². The molecule has 6 nitrogen and oxygen atoms in total. The first-order valence-electron chi connectivity index (χ1n) is 4.58. The molecule has 0 unspecified atom stereocenters. The van der Waals surface area contributed by atoms with E-state index in [9.17, 15) is 18.0 Å². The number of sulfone groups is 1. The standard InChI is InChI=1S/C8H14N2O4S/c1-3-15(13,14)5-8(12)10-4-7(11)9(2)6-10/h3-6H2,1-2H3. The SMILES string of the molecule is CCS(=O)(=O)CC(=O)N1CC(=O)N(C)C1. The molecule has 1 aliphatic heterocycles. The minimum absolute atomic E-state index is 0.0193. The minimum atomic E-state index is -3.31. The lowest BCUT2D eigenvalue weighted by molar-refractivity contribution is -0.129. The van der Waals surface area contributed by atoms with Crippen LogP contribution in [-0.4, -0.2) is 61.8 Å². The van der Waals surface area contributed by atoms with Crippen molar-refractivity contribution in [3.63, 3.8) is 0 Å². The molecule has 0 saturated carbocycles. The molecule has 0 spiro atoms. The fourth-order valence-electron chi connectivity index (χ4n) is 1.22. The maximum Gasteiger partial charge on any atom is 0.243 e. The van der Waals surface area contributed by atoms with Gasteiger partial charge in [-0.1, -0.05) is 6.92 Å². The number of likely N-dealkylation sites (N-methyl/N-ethyl adjacent to an activating group) is 1. The van der Waals surface area contributed by atoms with Crippen molar-refractivity contribution in [3.05, 3.63) is 0 Å². The van der Waals surface area contributed by atoms with Gasteiger partial charge in [-0.3, -0.25) is 9.59 Å². The van der Waals surface area contributed by atoms with Crippen LogP contribution in [-0.2, 0) is 19.4 Å². The Morgan fingerprint density at radius 1 is 1.47 bits per heavy atom. The van der Waals surface area contributed by atoms with Gasteiger partial charge in [0.1, 0.15) is 12.3 Å². The summed E-state index contributed by atoms with van der Waals surface area (Å²) in [5.74, 6) is -1.24. The summed E-state index contributed by atoms with van der Waals surface area (Å²) in [7, 11) is -1.74. The Morgan fingerprint density at radius 3 is 2.47 bits per heavy atom. The molecule has 0 N–H and O–H groups in total. The van der Waals surface area contributed by atoms with Crippen LogP contribution in [0.4, 0.5) is 0 Å². The number of nitrogens with zero attached hydrogens (tertiary/aromatic N) is 2. The first-order valence-corrected chi connectivity index (χ1v) is 6.40. The van der Waals surface area contributed by atoms with E-state index < -0.39 is 21.5 Å². The summed E-state index contributed by atoms with van der Waals surface area (Å²) < 4.78 is 22.4. The second-order valence-electron chi connectivity index (χ2n) is 3.50. The third kappa shape index (κ3) is 2.92. The second kappa shape index (κ2) is 4.18. The average Bonchev–Trinajstić information content (AvgIpc) is 2.47. The molecule has 1 rings (SSSR count). The van der Waals surface area contributed by atoms with Crippen molar-refractivity contribution in [1.82, 2.24) is 9.80 Å². The molecule has 86 valence electrons. The number of carbonyl (C=O) groups is 2. The highest BCUT2D eigenvalue weighted by Crippen LogP contribution is 2.05. The summed E-state index contributed by atoms with van der Waals surface area (Å²) >= 11 is 0. The van der Waals surface area contributed by atoms with Crippen LogP contribution in [0.25, 0.3) is 0 Å². The second-order valence-corrected chi connectivity index (χ2v) is 5.85. The lowest BCUT2D eigenvalue weighted by Gasteiger charge is -2.14. The van der Waals surface area contributed by atoms with Crippen LogP contribution in [0, 0.1) is 0 Å². The lowest BCUT2D eigenvalue weighted by Crippen LogP contribution is -2.35. The van der Waals surface area contributed by atoms with Gasteiger partial charge < -0.3 is 9.80 Å². The number of carbonyl (C=O) groups excluding carboxylic acids is 2. The third-order valence-electron chi connectivity index (χ3n) is 2.27.